The van der Waals surface area contributed by atoms with Crippen LogP contribution in [0.25, 0.3) is 10.7 Å². The van der Waals surface area contributed by atoms with E-state index in [0.717, 1.165) is 29.7 Å². The Morgan fingerprint density at radius 1 is 1.30 bits per heavy atom. The van der Waals surface area contributed by atoms with E-state index in [4.69, 9.17) is 4.98 Å². The Balaban J connectivity index is 0.00000192. The molecule has 1 N–H and O–H groups in total. The smallest absolute Gasteiger partial charge is 0.142 e. The first-order valence-corrected chi connectivity index (χ1v) is 9.02. The maximum Gasteiger partial charge on any atom is 0.142 e. The highest BCUT2D eigenvalue weighted by atomic mass is 35.5. The SMILES string of the molecule is CCNCC1CCN(Cc2csc(-c3ccccn3)n2)CC1.Cl. The van der Waals surface area contributed by atoms with Crippen LogP contribution in [0, 0.1) is 5.92 Å². The van der Waals surface area contributed by atoms with E-state index in [1.54, 1.807) is 11.3 Å². The number of pyridine rings is 1. The number of aromatic nitrogens is 2. The van der Waals surface area contributed by atoms with E-state index in [2.05, 4.69) is 27.5 Å². The lowest BCUT2D eigenvalue weighted by atomic mass is 9.97. The molecule has 0 aromatic carbocycles. The van der Waals surface area contributed by atoms with Crippen molar-refractivity contribution in [1.82, 2.24) is 20.2 Å². The summed E-state index contributed by atoms with van der Waals surface area (Å²) in [6.07, 6.45) is 4.42. The van der Waals surface area contributed by atoms with Gasteiger partial charge in [0.15, 0.2) is 0 Å². The second-order valence-electron chi connectivity index (χ2n) is 5.89. The molecule has 2 aromatic rings. The van der Waals surface area contributed by atoms with E-state index in [1.807, 2.05) is 24.4 Å². The molecule has 6 heteroatoms. The Morgan fingerprint density at radius 2 is 2.13 bits per heavy atom. The summed E-state index contributed by atoms with van der Waals surface area (Å²) < 4.78 is 0. The fraction of sp³-hybridized carbons (Fsp3) is 0.529. The lowest BCUT2D eigenvalue weighted by Crippen LogP contribution is -2.36. The molecule has 0 spiro atoms. The number of nitrogens with one attached hydrogen (secondary N) is 1. The van der Waals surface area contributed by atoms with E-state index >= 15 is 0 Å². The van der Waals surface area contributed by atoms with Gasteiger partial charge in [0, 0.05) is 18.1 Å². The summed E-state index contributed by atoms with van der Waals surface area (Å²) in [5.41, 5.74) is 2.15. The van der Waals surface area contributed by atoms with Crippen molar-refractivity contribution in [2.45, 2.75) is 26.3 Å². The van der Waals surface area contributed by atoms with Crippen LogP contribution in [-0.2, 0) is 6.54 Å². The molecular weight excluding hydrogens is 328 g/mol. The molecule has 1 aliphatic heterocycles. The fourth-order valence-corrected chi connectivity index (χ4v) is 3.70. The Hall–Kier alpha value is -1.01. The van der Waals surface area contributed by atoms with Gasteiger partial charge >= 0.3 is 0 Å². The van der Waals surface area contributed by atoms with E-state index in [0.29, 0.717) is 0 Å². The lowest BCUT2D eigenvalue weighted by Gasteiger charge is -2.31. The van der Waals surface area contributed by atoms with Crippen molar-refractivity contribution in [3.8, 4) is 10.7 Å². The van der Waals surface area contributed by atoms with Gasteiger partial charge in [0.05, 0.1) is 11.4 Å². The second-order valence-corrected chi connectivity index (χ2v) is 6.74. The van der Waals surface area contributed by atoms with Gasteiger partial charge in [-0.15, -0.1) is 23.7 Å². The fourth-order valence-electron chi connectivity index (χ4n) is 2.91. The highest BCUT2D eigenvalue weighted by Crippen LogP contribution is 2.23. The van der Waals surface area contributed by atoms with Gasteiger partial charge in [-0.05, 0) is 57.1 Å². The summed E-state index contributed by atoms with van der Waals surface area (Å²) in [4.78, 5) is 11.6. The number of likely N-dealkylation sites (tertiary alicyclic amines) is 1. The molecule has 1 fully saturated rings. The van der Waals surface area contributed by atoms with Crippen LogP contribution in [0.1, 0.15) is 25.5 Å². The number of hydrogen-bond acceptors (Lipinski definition) is 5. The maximum absolute atomic E-state index is 4.75. The average Bonchev–Trinajstić information content (AvgIpc) is 3.04. The Bertz CT molecular complexity index is 567. The third kappa shape index (κ3) is 5.24. The average molecular weight is 353 g/mol. The van der Waals surface area contributed by atoms with E-state index in [-0.39, 0.29) is 12.4 Å². The van der Waals surface area contributed by atoms with Gasteiger partial charge in [0.1, 0.15) is 5.01 Å². The molecule has 0 unspecified atom stereocenters. The van der Waals surface area contributed by atoms with Crippen LogP contribution >= 0.6 is 23.7 Å². The molecule has 3 heterocycles. The van der Waals surface area contributed by atoms with Gasteiger partial charge in [-0.25, -0.2) is 4.98 Å². The zero-order valence-corrected chi connectivity index (χ0v) is 15.2. The number of piperidine rings is 1. The van der Waals surface area contributed by atoms with Crippen LogP contribution in [0.3, 0.4) is 0 Å². The largest absolute Gasteiger partial charge is 0.317 e. The number of halogens is 1. The first kappa shape index (κ1) is 18.3. The van der Waals surface area contributed by atoms with Gasteiger partial charge in [0.2, 0.25) is 0 Å². The van der Waals surface area contributed by atoms with Crippen LogP contribution in [0.4, 0.5) is 0 Å². The zero-order chi connectivity index (χ0) is 15.2. The number of rotatable bonds is 6. The van der Waals surface area contributed by atoms with Gasteiger partial charge in [-0.3, -0.25) is 9.88 Å². The van der Waals surface area contributed by atoms with Crippen LogP contribution in [0.5, 0.6) is 0 Å². The van der Waals surface area contributed by atoms with Crippen LogP contribution < -0.4 is 5.32 Å². The van der Waals surface area contributed by atoms with Crippen molar-refractivity contribution in [2.75, 3.05) is 26.2 Å². The molecule has 126 valence electrons. The van der Waals surface area contributed by atoms with Gasteiger partial charge in [-0.1, -0.05) is 13.0 Å². The highest BCUT2D eigenvalue weighted by molar-refractivity contribution is 7.13. The minimum atomic E-state index is 0. The van der Waals surface area contributed by atoms with Crippen molar-refractivity contribution in [2.24, 2.45) is 5.92 Å². The van der Waals surface area contributed by atoms with E-state index < -0.39 is 0 Å². The predicted octanol–water partition coefficient (Wildman–Crippen LogP) is 3.45. The minimum Gasteiger partial charge on any atom is -0.317 e. The lowest BCUT2D eigenvalue weighted by molar-refractivity contribution is 0.174. The number of thiazole rings is 1. The first-order chi connectivity index (χ1) is 10.8. The molecule has 0 saturated carbocycles. The van der Waals surface area contributed by atoms with Crippen molar-refractivity contribution < 1.29 is 0 Å². The molecule has 0 amide bonds. The second kappa shape index (κ2) is 9.33. The molecule has 23 heavy (non-hydrogen) atoms. The van der Waals surface area contributed by atoms with Crippen molar-refractivity contribution in [3.05, 3.63) is 35.5 Å². The normalized spacial score (nSPS) is 16.2. The Morgan fingerprint density at radius 3 is 2.83 bits per heavy atom. The molecule has 1 saturated heterocycles. The van der Waals surface area contributed by atoms with Crippen LogP contribution in [0.2, 0.25) is 0 Å². The monoisotopic (exact) mass is 352 g/mol. The molecule has 0 radical (unpaired) electrons. The summed E-state index contributed by atoms with van der Waals surface area (Å²) in [6, 6.07) is 5.98. The summed E-state index contributed by atoms with van der Waals surface area (Å²) in [7, 11) is 0. The van der Waals surface area contributed by atoms with E-state index in [9.17, 15) is 0 Å². The minimum absolute atomic E-state index is 0. The Labute approximate surface area is 148 Å². The maximum atomic E-state index is 4.75. The molecule has 1 aliphatic rings. The standard InChI is InChI=1S/C17H24N4S.ClH/c1-2-18-11-14-6-9-21(10-7-14)12-15-13-22-17(20-15)16-5-3-4-8-19-16;/h3-5,8,13-14,18H,2,6-7,9-12H2,1H3;1H. The van der Waals surface area contributed by atoms with Crippen molar-refractivity contribution >= 4 is 23.7 Å². The molecule has 2 aromatic heterocycles. The first-order valence-electron chi connectivity index (χ1n) is 8.14. The number of nitrogens with zero attached hydrogens (tertiary/aromatic N) is 3. The topological polar surface area (TPSA) is 41.0 Å². The highest BCUT2D eigenvalue weighted by Gasteiger charge is 2.19. The van der Waals surface area contributed by atoms with Crippen LogP contribution in [0.15, 0.2) is 29.8 Å². The quantitative estimate of drug-likeness (QED) is 0.864. The summed E-state index contributed by atoms with van der Waals surface area (Å²) >= 11 is 1.69. The molecular formula is C17H25ClN4S. The summed E-state index contributed by atoms with van der Waals surface area (Å²) in [6.45, 7) is 7.77. The zero-order valence-electron chi connectivity index (χ0n) is 13.6. The molecule has 0 aliphatic carbocycles. The summed E-state index contributed by atoms with van der Waals surface area (Å²) in [5, 5.41) is 6.67. The third-order valence-corrected chi connectivity index (χ3v) is 5.13. The molecule has 4 nitrogen and oxygen atoms in total. The van der Waals surface area contributed by atoms with Crippen molar-refractivity contribution in [1.29, 1.82) is 0 Å². The Kier molecular flexibility index (Phi) is 7.43. The van der Waals surface area contributed by atoms with Crippen LogP contribution in [-0.4, -0.2) is 41.0 Å². The predicted molar refractivity (Wildman–Crippen MR) is 99.1 cm³/mol. The van der Waals surface area contributed by atoms with Gasteiger partial charge in [0.25, 0.3) is 0 Å². The van der Waals surface area contributed by atoms with Gasteiger partial charge < -0.3 is 5.32 Å². The van der Waals surface area contributed by atoms with Gasteiger partial charge in [-0.2, -0.15) is 0 Å². The van der Waals surface area contributed by atoms with E-state index in [1.165, 1.54) is 38.2 Å². The van der Waals surface area contributed by atoms with Crippen molar-refractivity contribution in [3.63, 3.8) is 0 Å². The molecule has 0 atom stereocenters. The third-order valence-electron chi connectivity index (χ3n) is 4.21. The summed E-state index contributed by atoms with van der Waals surface area (Å²) in [5.74, 6) is 0.843. The number of hydrogen-bond donors (Lipinski definition) is 1. The molecule has 0 bridgehead atoms. The molecule has 3 rings (SSSR count).